The predicted molar refractivity (Wildman–Crippen MR) is 55.0 cm³/mol. The van der Waals surface area contributed by atoms with E-state index >= 15 is 0 Å². The van der Waals surface area contributed by atoms with E-state index in [2.05, 4.69) is 11.2 Å². The van der Waals surface area contributed by atoms with Crippen molar-refractivity contribution in [2.45, 2.75) is 6.54 Å². The fourth-order valence-electron chi connectivity index (χ4n) is 1.41. The topological polar surface area (TPSA) is 60.9 Å². The van der Waals surface area contributed by atoms with E-state index in [0.717, 1.165) is 6.07 Å². The van der Waals surface area contributed by atoms with Crippen LogP contribution in [0.5, 0.6) is 0 Å². The Morgan fingerprint density at radius 2 is 2.00 bits per heavy atom. The first-order chi connectivity index (χ1) is 8.04. The lowest BCUT2D eigenvalue weighted by Crippen LogP contribution is -2.13. The summed E-state index contributed by atoms with van der Waals surface area (Å²) >= 11 is 0. The van der Waals surface area contributed by atoms with Gasteiger partial charge in [0.1, 0.15) is 11.6 Å². The second-order valence-electron chi connectivity index (χ2n) is 3.46. The predicted octanol–water partition coefficient (Wildman–Crippen LogP) is 1.11. The van der Waals surface area contributed by atoms with Gasteiger partial charge in [0.2, 0.25) is 0 Å². The molecule has 0 aliphatic rings. The Kier molecular flexibility index (Phi) is 2.86. The van der Waals surface area contributed by atoms with Crippen molar-refractivity contribution in [1.82, 2.24) is 9.78 Å². The van der Waals surface area contributed by atoms with Gasteiger partial charge in [-0.1, -0.05) is 0 Å². The molecule has 6 heteroatoms. The molecule has 0 unspecified atom stereocenters. The Morgan fingerprint density at radius 1 is 1.35 bits per heavy atom. The molecule has 0 bridgehead atoms. The molecule has 1 radical (unpaired) electrons. The Morgan fingerprint density at radius 3 is 2.53 bits per heavy atom. The number of primary amides is 1. The summed E-state index contributed by atoms with van der Waals surface area (Å²) in [6, 6.07) is 5.71. The van der Waals surface area contributed by atoms with Gasteiger partial charge in [-0.05, 0) is 17.7 Å². The lowest BCUT2D eigenvalue weighted by molar-refractivity contribution is 0.0994. The highest BCUT2D eigenvalue weighted by atomic mass is 19.1. The number of rotatable bonds is 3. The number of benzene rings is 1. The van der Waals surface area contributed by atoms with Gasteiger partial charge in [0.25, 0.3) is 5.91 Å². The van der Waals surface area contributed by atoms with Crippen LogP contribution in [0.15, 0.2) is 24.4 Å². The first-order valence-corrected chi connectivity index (χ1v) is 4.74. The molecule has 17 heavy (non-hydrogen) atoms. The molecule has 0 saturated carbocycles. The number of amides is 1. The zero-order chi connectivity index (χ0) is 12.4. The summed E-state index contributed by atoms with van der Waals surface area (Å²) < 4.78 is 27.2. The molecule has 1 aromatic heterocycles. The molecular formula is C11H8F2N3O. The van der Waals surface area contributed by atoms with Gasteiger partial charge in [-0.3, -0.25) is 9.48 Å². The SMILES string of the molecule is NC(=O)c1[c]cn(Cc2cc(F)cc(F)c2)n1. The van der Waals surface area contributed by atoms with E-state index in [0.29, 0.717) is 5.56 Å². The quantitative estimate of drug-likeness (QED) is 0.867. The van der Waals surface area contributed by atoms with Crippen LogP contribution in [0.25, 0.3) is 0 Å². The van der Waals surface area contributed by atoms with Crippen LogP contribution in [0.3, 0.4) is 0 Å². The van der Waals surface area contributed by atoms with Crippen molar-refractivity contribution in [2.24, 2.45) is 5.73 Å². The lowest BCUT2D eigenvalue weighted by Gasteiger charge is -2.02. The standard InChI is InChI=1S/C11H8F2N3O/c12-8-3-7(4-9(13)5-8)6-16-2-1-10(15-16)11(14)17/h2-5H,6H2,(H2,14,17). The lowest BCUT2D eigenvalue weighted by atomic mass is 10.2. The van der Waals surface area contributed by atoms with Crippen molar-refractivity contribution < 1.29 is 13.6 Å². The Balaban J connectivity index is 2.22. The first-order valence-electron chi connectivity index (χ1n) is 4.74. The molecule has 2 N–H and O–H groups in total. The van der Waals surface area contributed by atoms with E-state index in [-0.39, 0.29) is 12.2 Å². The second kappa shape index (κ2) is 4.32. The summed E-state index contributed by atoms with van der Waals surface area (Å²) in [5, 5.41) is 3.81. The van der Waals surface area contributed by atoms with Gasteiger partial charge in [0, 0.05) is 18.3 Å². The zero-order valence-electron chi connectivity index (χ0n) is 8.65. The van der Waals surface area contributed by atoms with Crippen LogP contribution in [0.2, 0.25) is 0 Å². The van der Waals surface area contributed by atoms with Gasteiger partial charge < -0.3 is 5.73 Å². The summed E-state index contributed by atoms with van der Waals surface area (Å²) in [7, 11) is 0. The molecule has 0 fully saturated rings. The highest BCUT2D eigenvalue weighted by molar-refractivity contribution is 5.90. The Bertz CT molecular complexity index is 545. The van der Waals surface area contributed by atoms with Crippen LogP contribution < -0.4 is 5.73 Å². The molecule has 0 saturated heterocycles. The number of hydrogen-bond acceptors (Lipinski definition) is 2. The third-order valence-corrected chi connectivity index (χ3v) is 2.08. The van der Waals surface area contributed by atoms with E-state index < -0.39 is 17.5 Å². The Labute approximate surface area is 95.7 Å². The van der Waals surface area contributed by atoms with Crippen molar-refractivity contribution in [1.29, 1.82) is 0 Å². The summed E-state index contributed by atoms with van der Waals surface area (Å²) in [5.74, 6) is -2.02. The van der Waals surface area contributed by atoms with Gasteiger partial charge >= 0.3 is 0 Å². The molecule has 0 aliphatic heterocycles. The second-order valence-corrected chi connectivity index (χ2v) is 3.46. The summed E-state index contributed by atoms with van der Waals surface area (Å²) in [6.45, 7) is 0.137. The molecule has 2 rings (SSSR count). The van der Waals surface area contributed by atoms with Crippen molar-refractivity contribution in [3.8, 4) is 0 Å². The molecule has 0 spiro atoms. The number of halogens is 2. The van der Waals surface area contributed by atoms with Gasteiger partial charge in [0.05, 0.1) is 6.54 Å². The van der Waals surface area contributed by atoms with Gasteiger partial charge in [-0.2, -0.15) is 5.10 Å². The third kappa shape index (κ3) is 2.66. The van der Waals surface area contributed by atoms with E-state index in [1.807, 2.05) is 0 Å². The Hall–Kier alpha value is -2.24. The molecule has 0 aliphatic carbocycles. The van der Waals surface area contributed by atoms with Crippen LogP contribution in [0, 0.1) is 17.7 Å². The van der Waals surface area contributed by atoms with Crippen molar-refractivity contribution in [3.63, 3.8) is 0 Å². The van der Waals surface area contributed by atoms with Gasteiger partial charge in [-0.25, -0.2) is 8.78 Å². The first kappa shape index (κ1) is 11.3. The summed E-state index contributed by atoms with van der Waals surface area (Å²) in [4.78, 5) is 10.8. The van der Waals surface area contributed by atoms with E-state index in [9.17, 15) is 13.6 Å². The number of carbonyl (C=O) groups is 1. The van der Waals surface area contributed by atoms with Crippen LogP contribution in [0.1, 0.15) is 16.1 Å². The molecule has 1 aromatic carbocycles. The minimum absolute atomic E-state index is 0.0122. The highest BCUT2D eigenvalue weighted by Gasteiger charge is 2.06. The van der Waals surface area contributed by atoms with Gasteiger partial charge in [0.15, 0.2) is 5.69 Å². The van der Waals surface area contributed by atoms with Crippen LogP contribution in [0.4, 0.5) is 8.78 Å². The molecule has 1 amide bonds. The fraction of sp³-hybridized carbons (Fsp3) is 0.0909. The highest BCUT2D eigenvalue weighted by Crippen LogP contribution is 2.09. The number of aromatic nitrogens is 2. The molecule has 4 nitrogen and oxygen atoms in total. The molecule has 87 valence electrons. The average molecular weight is 236 g/mol. The average Bonchev–Trinajstić information content (AvgIpc) is 2.64. The van der Waals surface area contributed by atoms with Crippen LogP contribution >= 0.6 is 0 Å². The smallest absolute Gasteiger partial charge is 0.269 e. The number of nitrogens with zero attached hydrogens (tertiary/aromatic N) is 2. The van der Waals surface area contributed by atoms with Crippen molar-refractivity contribution >= 4 is 5.91 Å². The van der Waals surface area contributed by atoms with E-state index in [4.69, 9.17) is 5.73 Å². The molecule has 2 aromatic rings. The largest absolute Gasteiger partial charge is 0.364 e. The van der Waals surface area contributed by atoms with Crippen molar-refractivity contribution in [2.75, 3.05) is 0 Å². The fourth-order valence-corrected chi connectivity index (χ4v) is 1.41. The minimum atomic E-state index is -0.700. The number of nitrogens with two attached hydrogens (primary N) is 1. The van der Waals surface area contributed by atoms with Crippen LogP contribution in [-0.2, 0) is 6.54 Å². The summed E-state index contributed by atoms with van der Waals surface area (Å²) in [6.07, 6.45) is 1.39. The molecule has 1 heterocycles. The maximum Gasteiger partial charge on any atom is 0.269 e. The monoisotopic (exact) mass is 236 g/mol. The maximum atomic E-state index is 12.9. The maximum absolute atomic E-state index is 12.9. The van der Waals surface area contributed by atoms with Gasteiger partial charge in [-0.15, -0.1) is 0 Å². The normalized spacial score (nSPS) is 10.5. The van der Waals surface area contributed by atoms with E-state index in [1.54, 1.807) is 0 Å². The summed E-state index contributed by atoms with van der Waals surface area (Å²) in [5.41, 5.74) is 5.39. The van der Waals surface area contributed by atoms with Crippen LogP contribution in [-0.4, -0.2) is 15.7 Å². The minimum Gasteiger partial charge on any atom is -0.364 e. The number of carbonyl (C=O) groups excluding carboxylic acids is 1. The number of hydrogen-bond donors (Lipinski definition) is 1. The molecular weight excluding hydrogens is 228 g/mol. The van der Waals surface area contributed by atoms with E-state index in [1.165, 1.54) is 23.0 Å². The third-order valence-electron chi connectivity index (χ3n) is 2.08. The zero-order valence-corrected chi connectivity index (χ0v) is 8.65. The molecule has 0 atom stereocenters. The van der Waals surface area contributed by atoms with Crippen molar-refractivity contribution in [3.05, 3.63) is 53.4 Å².